The molecule has 0 unspecified atom stereocenters. The average molecular weight is 357 g/mol. The Morgan fingerprint density at radius 3 is 2.73 bits per heavy atom. The fourth-order valence-corrected chi connectivity index (χ4v) is 2.23. The Bertz CT molecular complexity index is 732. The summed E-state index contributed by atoms with van der Waals surface area (Å²) in [6.07, 6.45) is 5.29. The molecule has 0 fully saturated rings. The number of pyridine rings is 1. The molecule has 0 saturated carbocycles. The predicted octanol–water partition coefficient (Wildman–Crippen LogP) is 1.24. The van der Waals surface area contributed by atoms with E-state index in [9.17, 15) is 4.79 Å². The maximum atomic E-state index is 11.9. The Morgan fingerprint density at radius 1 is 1.27 bits per heavy atom. The van der Waals surface area contributed by atoms with Gasteiger partial charge in [0.2, 0.25) is 5.91 Å². The fraction of sp³-hybridized carbons (Fsp3) is 0.444. The first kappa shape index (κ1) is 19.4. The van der Waals surface area contributed by atoms with Crippen LogP contribution in [-0.2, 0) is 11.3 Å². The summed E-state index contributed by atoms with van der Waals surface area (Å²) in [4.78, 5) is 20.8. The zero-order valence-corrected chi connectivity index (χ0v) is 15.8. The maximum Gasteiger partial charge on any atom is 0.239 e. The second-order valence-corrected chi connectivity index (χ2v) is 6.82. The summed E-state index contributed by atoms with van der Waals surface area (Å²) in [5.41, 5.74) is 0.746. The highest BCUT2D eigenvalue weighted by atomic mass is 16.2. The van der Waals surface area contributed by atoms with Crippen LogP contribution in [0, 0.1) is 0 Å². The van der Waals surface area contributed by atoms with Gasteiger partial charge in [-0.25, -0.2) is 14.7 Å². The van der Waals surface area contributed by atoms with Gasteiger partial charge in [-0.05, 0) is 51.5 Å². The van der Waals surface area contributed by atoms with Crippen molar-refractivity contribution in [3.8, 4) is 5.82 Å². The van der Waals surface area contributed by atoms with Gasteiger partial charge in [0.15, 0.2) is 11.8 Å². The highest BCUT2D eigenvalue weighted by molar-refractivity contribution is 5.86. The summed E-state index contributed by atoms with van der Waals surface area (Å²) in [5, 5.41) is 13.3. The van der Waals surface area contributed by atoms with Crippen molar-refractivity contribution in [1.82, 2.24) is 30.7 Å². The van der Waals surface area contributed by atoms with E-state index in [4.69, 9.17) is 0 Å². The number of hydrogen-bond acceptors (Lipinski definition) is 4. The molecule has 140 valence electrons. The van der Waals surface area contributed by atoms with E-state index in [1.165, 1.54) is 0 Å². The van der Waals surface area contributed by atoms with Crippen LogP contribution in [0.5, 0.6) is 0 Å². The van der Waals surface area contributed by atoms with Gasteiger partial charge < -0.3 is 16.0 Å². The van der Waals surface area contributed by atoms with Crippen LogP contribution in [0.1, 0.15) is 33.3 Å². The fourth-order valence-electron chi connectivity index (χ4n) is 2.23. The van der Waals surface area contributed by atoms with E-state index >= 15 is 0 Å². The van der Waals surface area contributed by atoms with Gasteiger partial charge in [-0.15, -0.1) is 0 Å². The molecular weight excluding hydrogens is 330 g/mol. The first-order chi connectivity index (χ1) is 12.4. The molecule has 2 aromatic rings. The van der Waals surface area contributed by atoms with E-state index in [-0.39, 0.29) is 18.0 Å². The molecule has 8 nitrogen and oxygen atoms in total. The third kappa shape index (κ3) is 6.54. The van der Waals surface area contributed by atoms with Crippen LogP contribution in [0.4, 0.5) is 0 Å². The number of aliphatic imine (C=N–C) groups is 1. The number of nitrogens with zero attached hydrogens (tertiary/aromatic N) is 4. The minimum absolute atomic E-state index is 0.0759. The molecule has 26 heavy (non-hydrogen) atoms. The van der Waals surface area contributed by atoms with Gasteiger partial charge in [-0.2, -0.15) is 5.10 Å². The van der Waals surface area contributed by atoms with Crippen molar-refractivity contribution in [2.75, 3.05) is 13.1 Å². The van der Waals surface area contributed by atoms with Gasteiger partial charge in [-0.1, -0.05) is 0 Å². The van der Waals surface area contributed by atoms with Crippen molar-refractivity contribution >= 4 is 11.9 Å². The zero-order chi connectivity index (χ0) is 19.0. The topological polar surface area (TPSA) is 96.2 Å². The van der Waals surface area contributed by atoms with Crippen molar-refractivity contribution < 1.29 is 4.79 Å². The molecule has 0 saturated heterocycles. The lowest BCUT2D eigenvalue weighted by molar-refractivity contribution is -0.121. The standard InChI is InChI=1S/C18H27N7O/c1-5-19-17(22-13-16(26)24-18(2,3)4)21-12-14-7-9-20-15(11-14)25-10-6-8-23-25/h6-11H,5,12-13H2,1-4H3,(H,24,26)(H2,19,21,22). The van der Waals surface area contributed by atoms with Crippen molar-refractivity contribution in [3.63, 3.8) is 0 Å². The van der Waals surface area contributed by atoms with Crippen LogP contribution in [0.25, 0.3) is 5.82 Å². The molecule has 0 bridgehead atoms. The van der Waals surface area contributed by atoms with E-state index in [1.807, 2.05) is 52.1 Å². The first-order valence-electron chi connectivity index (χ1n) is 8.65. The molecule has 2 rings (SSSR count). The SMILES string of the molecule is CCNC(=NCc1ccnc(-n2cccn2)c1)NCC(=O)NC(C)(C)C. The summed E-state index contributed by atoms with van der Waals surface area (Å²) in [6.45, 7) is 9.17. The largest absolute Gasteiger partial charge is 0.357 e. The number of guanidine groups is 1. The molecule has 0 aromatic carbocycles. The summed E-state index contributed by atoms with van der Waals surface area (Å²) in [6, 6.07) is 5.70. The third-order valence-electron chi connectivity index (χ3n) is 3.24. The maximum absolute atomic E-state index is 11.9. The Balaban J connectivity index is 1.98. The Labute approximate surface area is 154 Å². The molecule has 0 spiro atoms. The van der Waals surface area contributed by atoms with Crippen LogP contribution in [-0.4, -0.2) is 45.3 Å². The lowest BCUT2D eigenvalue weighted by atomic mass is 10.1. The first-order valence-corrected chi connectivity index (χ1v) is 8.65. The number of carbonyl (C=O) groups is 1. The molecule has 3 N–H and O–H groups in total. The van der Waals surface area contributed by atoms with E-state index < -0.39 is 0 Å². The molecular formula is C18H27N7O. The molecule has 2 aromatic heterocycles. The molecule has 1 amide bonds. The van der Waals surface area contributed by atoms with Gasteiger partial charge in [-0.3, -0.25) is 4.79 Å². The number of amides is 1. The van der Waals surface area contributed by atoms with Crippen LogP contribution >= 0.6 is 0 Å². The molecule has 0 radical (unpaired) electrons. The normalized spacial score (nSPS) is 11.9. The van der Waals surface area contributed by atoms with E-state index in [0.29, 0.717) is 19.0 Å². The Hall–Kier alpha value is -2.90. The molecule has 0 atom stereocenters. The van der Waals surface area contributed by atoms with E-state index in [1.54, 1.807) is 17.1 Å². The molecule has 0 aliphatic rings. The van der Waals surface area contributed by atoms with Crippen molar-refractivity contribution in [2.45, 2.75) is 39.8 Å². The number of carbonyl (C=O) groups excluding carboxylic acids is 1. The third-order valence-corrected chi connectivity index (χ3v) is 3.24. The van der Waals surface area contributed by atoms with Crippen LogP contribution in [0.2, 0.25) is 0 Å². The van der Waals surface area contributed by atoms with E-state index in [0.717, 1.165) is 11.4 Å². The number of aromatic nitrogens is 3. The van der Waals surface area contributed by atoms with Crippen molar-refractivity contribution in [2.24, 2.45) is 4.99 Å². The van der Waals surface area contributed by atoms with E-state index in [2.05, 4.69) is 31.0 Å². The summed E-state index contributed by atoms with van der Waals surface area (Å²) in [7, 11) is 0. The second-order valence-electron chi connectivity index (χ2n) is 6.82. The second kappa shape index (κ2) is 8.98. The zero-order valence-electron chi connectivity index (χ0n) is 15.8. The molecule has 0 aliphatic carbocycles. The van der Waals surface area contributed by atoms with Crippen LogP contribution in [0.15, 0.2) is 41.8 Å². The summed E-state index contributed by atoms with van der Waals surface area (Å²) in [5.74, 6) is 1.26. The minimum Gasteiger partial charge on any atom is -0.357 e. The monoisotopic (exact) mass is 357 g/mol. The lowest BCUT2D eigenvalue weighted by Gasteiger charge is -2.21. The minimum atomic E-state index is -0.256. The predicted molar refractivity (Wildman–Crippen MR) is 102 cm³/mol. The van der Waals surface area contributed by atoms with Crippen LogP contribution < -0.4 is 16.0 Å². The molecule has 2 heterocycles. The number of rotatable bonds is 6. The summed E-state index contributed by atoms with van der Waals surface area (Å²) < 4.78 is 1.70. The smallest absolute Gasteiger partial charge is 0.239 e. The van der Waals surface area contributed by atoms with Crippen LogP contribution in [0.3, 0.4) is 0 Å². The van der Waals surface area contributed by atoms with Gasteiger partial charge in [0.05, 0.1) is 13.1 Å². The van der Waals surface area contributed by atoms with Crippen molar-refractivity contribution in [3.05, 3.63) is 42.4 Å². The van der Waals surface area contributed by atoms with Gasteiger partial charge in [0.25, 0.3) is 0 Å². The average Bonchev–Trinajstić information content (AvgIpc) is 3.11. The highest BCUT2D eigenvalue weighted by Crippen LogP contribution is 2.07. The quantitative estimate of drug-likeness (QED) is 0.534. The number of hydrogen-bond donors (Lipinski definition) is 3. The van der Waals surface area contributed by atoms with Gasteiger partial charge >= 0.3 is 0 Å². The Morgan fingerprint density at radius 2 is 2.08 bits per heavy atom. The highest BCUT2D eigenvalue weighted by Gasteiger charge is 2.13. The number of nitrogens with one attached hydrogen (secondary N) is 3. The lowest BCUT2D eigenvalue weighted by Crippen LogP contribution is -2.48. The molecule has 0 aliphatic heterocycles. The van der Waals surface area contributed by atoms with Gasteiger partial charge in [0.1, 0.15) is 0 Å². The molecule has 8 heteroatoms. The van der Waals surface area contributed by atoms with Gasteiger partial charge in [0, 0.05) is 30.7 Å². The van der Waals surface area contributed by atoms with Crippen molar-refractivity contribution in [1.29, 1.82) is 0 Å². The Kier molecular flexibility index (Phi) is 6.71. The summed E-state index contributed by atoms with van der Waals surface area (Å²) >= 11 is 0.